The summed E-state index contributed by atoms with van der Waals surface area (Å²) in [5.41, 5.74) is 1.29. The van der Waals surface area contributed by atoms with Gasteiger partial charge in [0.1, 0.15) is 0 Å². The number of amides is 1. The van der Waals surface area contributed by atoms with E-state index in [0.717, 1.165) is 31.7 Å². The minimum atomic E-state index is 0. The number of nitrogens with one attached hydrogen (secondary N) is 2. The highest BCUT2D eigenvalue weighted by Gasteiger charge is 2.24. The summed E-state index contributed by atoms with van der Waals surface area (Å²) >= 11 is 1.89. The molecule has 0 aliphatic carbocycles. The Kier molecular flexibility index (Phi) is 5.75. The number of hydrogen-bond donors (Lipinski definition) is 2. The van der Waals surface area contributed by atoms with Gasteiger partial charge in [-0.05, 0) is 43.5 Å². The molecule has 2 aliphatic heterocycles. The van der Waals surface area contributed by atoms with Gasteiger partial charge in [-0.15, -0.1) is 24.2 Å². The van der Waals surface area contributed by atoms with Crippen molar-refractivity contribution in [1.29, 1.82) is 0 Å². The van der Waals surface area contributed by atoms with Gasteiger partial charge in [0.25, 0.3) is 0 Å². The molecule has 1 saturated heterocycles. The topological polar surface area (TPSA) is 41.1 Å². The Hall–Kier alpha value is -0.710. The SMILES string of the molecule is Cl.O=C(CC1CCNC1)NC1CCSc2ccccc21. The molecule has 0 radical (unpaired) electrons. The number of thioether (sulfide) groups is 1. The van der Waals surface area contributed by atoms with Crippen LogP contribution in [0.5, 0.6) is 0 Å². The molecule has 110 valence electrons. The molecule has 2 atom stereocenters. The van der Waals surface area contributed by atoms with Crippen molar-refractivity contribution in [2.45, 2.75) is 30.2 Å². The number of carbonyl (C=O) groups is 1. The average molecular weight is 313 g/mol. The Labute approximate surface area is 130 Å². The molecule has 0 aromatic heterocycles. The van der Waals surface area contributed by atoms with Gasteiger partial charge < -0.3 is 10.6 Å². The Morgan fingerprint density at radius 2 is 2.20 bits per heavy atom. The highest BCUT2D eigenvalue weighted by molar-refractivity contribution is 7.99. The summed E-state index contributed by atoms with van der Waals surface area (Å²) in [5, 5.41) is 6.54. The summed E-state index contributed by atoms with van der Waals surface area (Å²) in [4.78, 5) is 13.5. The van der Waals surface area contributed by atoms with Crippen molar-refractivity contribution >= 4 is 30.1 Å². The molecule has 2 N–H and O–H groups in total. The zero-order chi connectivity index (χ0) is 13.1. The summed E-state index contributed by atoms with van der Waals surface area (Å²) in [5.74, 6) is 1.82. The first-order valence-electron chi connectivity index (χ1n) is 7.05. The van der Waals surface area contributed by atoms with Crippen molar-refractivity contribution in [3.05, 3.63) is 29.8 Å². The minimum Gasteiger partial charge on any atom is -0.349 e. The lowest BCUT2D eigenvalue weighted by Crippen LogP contribution is -2.32. The molecule has 2 heterocycles. The maximum Gasteiger partial charge on any atom is 0.220 e. The highest BCUT2D eigenvalue weighted by atomic mass is 35.5. The lowest BCUT2D eigenvalue weighted by Gasteiger charge is -2.26. The molecule has 1 aromatic carbocycles. The smallest absolute Gasteiger partial charge is 0.220 e. The molecule has 1 aromatic rings. The van der Waals surface area contributed by atoms with Crippen LogP contribution < -0.4 is 10.6 Å². The third-order valence-electron chi connectivity index (χ3n) is 3.93. The minimum absolute atomic E-state index is 0. The highest BCUT2D eigenvalue weighted by Crippen LogP contribution is 2.35. The summed E-state index contributed by atoms with van der Waals surface area (Å²) < 4.78 is 0. The van der Waals surface area contributed by atoms with Crippen LogP contribution in [0.15, 0.2) is 29.2 Å². The van der Waals surface area contributed by atoms with E-state index in [0.29, 0.717) is 12.3 Å². The predicted octanol–water partition coefficient (Wildman–Crippen LogP) is 2.76. The molecule has 2 aliphatic rings. The second-order valence-corrected chi connectivity index (χ2v) is 6.49. The third kappa shape index (κ3) is 3.68. The van der Waals surface area contributed by atoms with Gasteiger partial charge in [0.05, 0.1) is 6.04 Å². The Bertz CT molecular complexity index is 463. The average Bonchev–Trinajstić information content (AvgIpc) is 2.92. The molecule has 0 saturated carbocycles. The summed E-state index contributed by atoms with van der Waals surface area (Å²) in [6.45, 7) is 2.05. The summed E-state index contributed by atoms with van der Waals surface area (Å²) in [6.07, 6.45) is 2.83. The molecule has 0 bridgehead atoms. The van der Waals surface area contributed by atoms with Crippen molar-refractivity contribution < 1.29 is 4.79 Å². The first-order valence-corrected chi connectivity index (χ1v) is 8.03. The second-order valence-electron chi connectivity index (χ2n) is 5.36. The van der Waals surface area contributed by atoms with E-state index in [4.69, 9.17) is 0 Å². The Morgan fingerprint density at radius 3 is 3.00 bits per heavy atom. The van der Waals surface area contributed by atoms with Crippen LogP contribution in [0.3, 0.4) is 0 Å². The summed E-state index contributed by atoms with van der Waals surface area (Å²) in [6, 6.07) is 8.63. The lowest BCUT2D eigenvalue weighted by atomic mass is 10.0. The third-order valence-corrected chi connectivity index (χ3v) is 5.05. The van der Waals surface area contributed by atoms with Crippen LogP contribution in [-0.2, 0) is 4.79 Å². The second kappa shape index (κ2) is 7.34. The van der Waals surface area contributed by atoms with Gasteiger partial charge in [0, 0.05) is 17.1 Å². The standard InChI is InChI=1S/C15H20N2OS.ClH/c18-15(9-11-5-7-16-10-11)17-13-6-8-19-14-4-2-1-3-12(13)14;/h1-4,11,13,16H,5-10H2,(H,17,18);1H. The van der Waals surface area contributed by atoms with Gasteiger partial charge in [0.15, 0.2) is 0 Å². The van der Waals surface area contributed by atoms with Gasteiger partial charge in [-0.25, -0.2) is 0 Å². The molecule has 5 heteroatoms. The summed E-state index contributed by atoms with van der Waals surface area (Å²) in [7, 11) is 0. The van der Waals surface area contributed by atoms with Crippen molar-refractivity contribution in [3.63, 3.8) is 0 Å². The number of fused-ring (bicyclic) bond motifs is 1. The van der Waals surface area contributed by atoms with E-state index in [1.165, 1.54) is 10.5 Å². The predicted molar refractivity (Wildman–Crippen MR) is 85.5 cm³/mol. The molecule has 1 fully saturated rings. The fraction of sp³-hybridized carbons (Fsp3) is 0.533. The van der Waals surface area contributed by atoms with Crippen molar-refractivity contribution in [2.75, 3.05) is 18.8 Å². The maximum absolute atomic E-state index is 12.1. The first kappa shape index (κ1) is 15.7. The lowest BCUT2D eigenvalue weighted by molar-refractivity contribution is -0.122. The molecule has 0 spiro atoms. The van der Waals surface area contributed by atoms with Gasteiger partial charge >= 0.3 is 0 Å². The van der Waals surface area contributed by atoms with Crippen LogP contribution in [0, 0.1) is 5.92 Å². The van der Waals surface area contributed by atoms with E-state index >= 15 is 0 Å². The first-order chi connectivity index (χ1) is 9.33. The van der Waals surface area contributed by atoms with Crippen LogP contribution in [0.1, 0.15) is 30.9 Å². The maximum atomic E-state index is 12.1. The monoisotopic (exact) mass is 312 g/mol. The molecule has 2 unspecified atom stereocenters. The van der Waals surface area contributed by atoms with Crippen LogP contribution in [-0.4, -0.2) is 24.7 Å². The van der Waals surface area contributed by atoms with Crippen molar-refractivity contribution in [3.8, 4) is 0 Å². The molecular weight excluding hydrogens is 292 g/mol. The fourth-order valence-electron chi connectivity index (χ4n) is 2.90. The van der Waals surface area contributed by atoms with Crippen LogP contribution >= 0.6 is 24.2 Å². The fourth-order valence-corrected chi connectivity index (χ4v) is 4.02. The van der Waals surface area contributed by atoms with E-state index in [1.54, 1.807) is 0 Å². The van der Waals surface area contributed by atoms with Crippen LogP contribution in [0.2, 0.25) is 0 Å². The number of carbonyl (C=O) groups excluding carboxylic acids is 1. The van der Waals surface area contributed by atoms with Crippen LogP contribution in [0.25, 0.3) is 0 Å². The molecule has 1 amide bonds. The number of benzene rings is 1. The number of halogens is 1. The molecule has 3 rings (SSSR count). The van der Waals surface area contributed by atoms with E-state index in [9.17, 15) is 4.79 Å². The van der Waals surface area contributed by atoms with Crippen molar-refractivity contribution in [1.82, 2.24) is 10.6 Å². The molecule has 20 heavy (non-hydrogen) atoms. The van der Waals surface area contributed by atoms with E-state index in [-0.39, 0.29) is 24.4 Å². The Morgan fingerprint density at radius 1 is 1.35 bits per heavy atom. The Balaban J connectivity index is 0.00000147. The zero-order valence-electron chi connectivity index (χ0n) is 11.4. The van der Waals surface area contributed by atoms with E-state index in [1.807, 2.05) is 11.8 Å². The van der Waals surface area contributed by atoms with Gasteiger partial charge in [-0.3, -0.25) is 4.79 Å². The quantitative estimate of drug-likeness (QED) is 0.902. The number of rotatable bonds is 3. The van der Waals surface area contributed by atoms with Gasteiger partial charge in [0.2, 0.25) is 5.91 Å². The number of hydrogen-bond acceptors (Lipinski definition) is 3. The van der Waals surface area contributed by atoms with Gasteiger partial charge in [-0.1, -0.05) is 18.2 Å². The molecule has 3 nitrogen and oxygen atoms in total. The van der Waals surface area contributed by atoms with Gasteiger partial charge in [-0.2, -0.15) is 0 Å². The zero-order valence-corrected chi connectivity index (χ0v) is 13.1. The van der Waals surface area contributed by atoms with E-state index < -0.39 is 0 Å². The van der Waals surface area contributed by atoms with Crippen LogP contribution in [0.4, 0.5) is 0 Å². The normalized spacial score (nSPS) is 24.6. The van der Waals surface area contributed by atoms with E-state index in [2.05, 4.69) is 34.9 Å². The largest absolute Gasteiger partial charge is 0.349 e. The van der Waals surface area contributed by atoms with Crippen molar-refractivity contribution in [2.24, 2.45) is 5.92 Å². The molecular formula is C15H21ClN2OS.